The van der Waals surface area contributed by atoms with E-state index in [1.54, 1.807) is 0 Å². The topological polar surface area (TPSA) is 16.8 Å². The molecule has 1 aromatic heterocycles. The molecule has 0 fully saturated rings. The summed E-state index contributed by atoms with van der Waals surface area (Å²) in [6, 6.07) is 8.17. The SMILES string of the molecule is CC.CC.CC[n+]1ccnc2ccccc21. The molecule has 0 aliphatic heterocycles. The van der Waals surface area contributed by atoms with Gasteiger partial charge in [0, 0.05) is 6.07 Å². The molecule has 2 nitrogen and oxygen atoms in total. The zero-order valence-corrected chi connectivity index (χ0v) is 11.1. The second-order valence-corrected chi connectivity index (χ2v) is 2.70. The minimum absolute atomic E-state index is 0.989. The average molecular weight is 219 g/mol. The molecule has 0 atom stereocenters. The highest BCUT2D eigenvalue weighted by Gasteiger charge is 2.04. The maximum Gasteiger partial charge on any atom is 0.231 e. The fourth-order valence-corrected chi connectivity index (χ4v) is 1.37. The van der Waals surface area contributed by atoms with Crippen LogP contribution in [0.15, 0.2) is 36.7 Å². The molecule has 88 valence electrons. The van der Waals surface area contributed by atoms with Gasteiger partial charge in [-0.3, -0.25) is 0 Å². The maximum absolute atomic E-state index is 4.27. The van der Waals surface area contributed by atoms with Gasteiger partial charge in [0.2, 0.25) is 5.52 Å². The number of para-hydroxylation sites is 2. The van der Waals surface area contributed by atoms with Crippen molar-refractivity contribution in [2.24, 2.45) is 0 Å². The zero-order valence-electron chi connectivity index (χ0n) is 11.1. The average Bonchev–Trinajstić information content (AvgIpc) is 2.42. The van der Waals surface area contributed by atoms with Crippen molar-refractivity contribution in [1.82, 2.24) is 4.98 Å². The Bertz CT molecular complexity index is 391. The number of aromatic nitrogens is 2. The lowest BCUT2D eigenvalue weighted by Crippen LogP contribution is -2.32. The van der Waals surface area contributed by atoms with Gasteiger partial charge in [-0.2, -0.15) is 4.57 Å². The van der Waals surface area contributed by atoms with Crippen LogP contribution in [0.4, 0.5) is 0 Å². The van der Waals surface area contributed by atoms with E-state index < -0.39 is 0 Å². The van der Waals surface area contributed by atoms with Gasteiger partial charge in [0.1, 0.15) is 12.1 Å². The lowest BCUT2D eigenvalue weighted by atomic mass is 10.3. The summed E-state index contributed by atoms with van der Waals surface area (Å²) < 4.78 is 2.18. The minimum Gasteiger partial charge on any atom is -0.244 e. The second kappa shape index (κ2) is 8.84. The Morgan fingerprint density at radius 2 is 1.69 bits per heavy atom. The van der Waals surface area contributed by atoms with E-state index in [2.05, 4.69) is 22.5 Å². The molecule has 2 rings (SSSR count). The van der Waals surface area contributed by atoms with Crippen molar-refractivity contribution >= 4 is 11.0 Å². The first-order valence-electron chi connectivity index (χ1n) is 6.15. The van der Waals surface area contributed by atoms with Crippen molar-refractivity contribution in [1.29, 1.82) is 0 Å². The second-order valence-electron chi connectivity index (χ2n) is 2.70. The molecule has 0 saturated carbocycles. The zero-order chi connectivity index (χ0) is 12.4. The highest BCUT2D eigenvalue weighted by molar-refractivity contribution is 5.69. The lowest BCUT2D eigenvalue weighted by molar-refractivity contribution is -0.668. The van der Waals surface area contributed by atoms with E-state index in [1.807, 2.05) is 58.3 Å². The molecule has 0 aliphatic rings. The van der Waals surface area contributed by atoms with E-state index in [0.717, 1.165) is 12.1 Å². The number of aryl methyl sites for hydroxylation is 1. The minimum atomic E-state index is 0.989. The first-order chi connectivity index (χ1) is 7.92. The van der Waals surface area contributed by atoms with Crippen LogP contribution in [-0.4, -0.2) is 4.98 Å². The monoisotopic (exact) mass is 219 g/mol. The van der Waals surface area contributed by atoms with Crippen LogP contribution < -0.4 is 4.57 Å². The standard InChI is InChI=1S/C10H11N2.2C2H6/c1-2-12-8-7-11-9-5-3-4-6-10(9)12;2*1-2/h3-8H,2H2,1H3;2*1-2H3/q+1;;. The van der Waals surface area contributed by atoms with Gasteiger partial charge < -0.3 is 0 Å². The number of hydrogen-bond donors (Lipinski definition) is 0. The summed E-state index contributed by atoms with van der Waals surface area (Å²) in [5, 5.41) is 0. The molecule has 0 spiro atoms. The predicted octanol–water partition coefficient (Wildman–Crippen LogP) is 3.59. The smallest absolute Gasteiger partial charge is 0.231 e. The summed E-state index contributed by atoms with van der Waals surface area (Å²) in [6.07, 6.45) is 3.84. The molecular formula is C14H23N2+. The first kappa shape index (κ1) is 14.6. The molecule has 1 aromatic carbocycles. The predicted molar refractivity (Wildman–Crippen MR) is 70.3 cm³/mol. The largest absolute Gasteiger partial charge is 0.244 e. The molecule has 0 radical (unpaired) electrons. The first-order valence-corrected chi connectivity index (χ1v) is 6.15. The van der Waals surface area contributed by atoms with Crippen LogP contribution in [0, 0.1) is 0 Å². The third-order valence-corrected chi connectivity index (χ3v) is 1.99. The molecule has 0 saturated heterocycles. The van der Waals surface area contributed by atoms with Gasteiger partial charge in [-0.15, -0.1) is 0 Å². The van der Waals surface area contributed by atoms with Crippen molar-refractivity contribution in [3.05, 3.63) is 36.7 Å². The highest BCUT2D eigenvalue weighted by Crippen LogP contribution is 2.03. The molecule has 2 aromatic rings. The Morgan fingerprint density at radius 1 is 1.06 bits per heavy atom. The van der Waals surface area contributed by atoms with Gasteiger partial charge >= 0.3 is 0 Å². The van der Waals surface area contributed by atoms with Crippen molar-refractivity contribution in [3.63, 3.8) is 0 Å². The van der Waals surface area contributed by atoms with Crippen LogP contribution in [-0.2, 0) is 6.54 Å². The maximum atomic E-state index is 4.27. The van der Waals surface area contributed by atoms with E-state index in [4.69, 9.17) is 0 Å². The molecule has 0 bridgehead atoms. The Hall–Kier alpha value is -1.44. The van der Waals surface area contributed by atoms with Crippen molar-refractivity contribution in [2.75, 3.05) is 0 Å². The van der Waals surface area contributed by atoms with Crippen molar-refractivity contribution in [3.8, 4) is 0 Å². The number of rotatable bonds is 1. The van der Waals surface area contributed by atoms with Crippen molar-refractivity contribution in [2.45, 2.75) is 41.2 Å². The third-order valence-electron chi connectivity index (χ3n) is 1.99. The van der Waals surface area contributed by atoms with Crippen LogP contribution in [0.25, 0.3) is 11.0 Å². The quantitative estimate of drug-likeness (QED) is 0.670. The molecule has 0 N–H and O–H groups in total. The van der Waals surface area contributed by atoms with E-state index in [-0.39, 0.29) is 0 Å². The van der Waals surface area contributed by atoms with Gasteiger partial charge in [-0.25, -0.2) is 4.98 Å². The normalized spacial score (nSPS) is 8.56. The van der Waals surface area contributed by atoms with Gasteiger partial charge in [0.25, 0.3) is 0 Å². The Labute approximate surface area is 99.0 Å². The van der Waals surface area contributed by atoms with Gasteiger partial charge in [0.15, 0.2) is 6.20 Å². The van der Waals surface area contributed by atoms with Crippen LogP contribution in [0.1, 0.15) is 34.6 Å². The lowest BCUT2D eigenvalue weighted by Gasteiger charge is -1.95. The van der Waals surface area contributed by atoms with Crippen LogP contribution in [0.2, 0.25) is 0 Å². The summed E-state index contributed by atoms with van der Waals surface area (Å²) in [5.41, 5.74) is 2.25. The number of hydrogen-bond acceptors (Lipinski definition) is 1. The van der Waals surface area contributed by atoms with Crippen LogP contribution in [0.3, 0.4) is 0 Å². The Kier molecular flexibility index (Phi) is 8.04. The molecule has 0 unspecified atom stereocenters. The fourth-order valence-electron chi connectivity index (χ4n) is 1.37. The van der Waals surface area contributed by atoms with Gasteiger partial charge in [-0.05, 0) is 13.0 Å². The number of fused-ring (bicyclic) bond motifs is 1. The number of nitrogens with zero attached hydrogens (tertiary/aromatic N) is 2. The third kappa shape index (κ3) is 3.61. The summed E-state index contributed by atoms with van der Waals surface area (Å²) in [7, 11) is 0. The summed E-state index contributed by atoms with van der Waals surface area (Å²) in [6.45, 7) is 11.1. The molecule has 0 aliphatic carbocycles. The summed E-state index contributed by atoms with van der Waals surface area (Å²) >= 11 is 0. The molecule has 16 heavy (non-hydrogen) atoms. The summed E-state index contributed by atoms with van der Waals surface area (Å²) in [4.78, 5) is 4.27. The van der Waals surface area contributed by atoms with Gasteiger partial charge in [0.05, 0.1) is 6.20 Å². The van der Waals surface area contributed by atoms with E-state index in [9.17, 15) is 0 Å². The van der Waals surface area contributed by atoms with E-state index in [0.29, 0.717) is 0 Å². The van der Waals surface area contributed by atoms with Crippen LogP contribution >= 0.6 is 0 Å². The Balaban J connectivity index is 0.000000509. The highest BCUT2D eigenvalue weighted by atomic mass is 15.0. The fraction of sp³-hybridized carbons (Fsp3) is 0.429. The van der Waals surface area contributed by atoms with E-state index in [1.165, 1.54) is 5.52 Å². The Morgan fingerprint density at radius 3 is 2.31 bits per heavy atom. The molecule has 1 heterocycles. The van der Waals surface area contributed by atoms with Crippen molar-refractivity contribution < 1.29 is 4.57 Å². The molecule has 0 amide bonds. The van der Waals surface area contributed by atoms with Gasteiger partial charge in [-0.1, -0.05) is 39.8 Å². The molecular weight excluding hydrogens is 196 g/mol. The molecule has 2 heteroatoms. The summed E-state index contributed by atoms with van der Waals surface area (Å²) in [5.74, 6) is 0. The van der Waals surface area contributed by atoms with E-state index >= 15 is 0 Å². The number of benzene rings is 1. The van der Waals surface area contributed by atoms with Crippen LogP contribution in [0.5, 0.6) is 0 Å².